The third kappa shape index (κ3) is 3.38. The lowest BCUT2D eigenvalue weighted by Gasteiger charge is -2.26. The molecule has 0 saturated carbocycles. The molecule has 0 atom stereocenters. The van der Waals surface area contributed by atoms with E-state index in [9.17, 15) is 4.79 Å². The van der Waals surface area contributed by atoms with Crippen LogP contribution >= 0.6 is 0 Å². The van der Waals surface area contributed by atoms with Crippen LogP contribution in [0.25, 0.3) is 0 Å². The second-order valence-electron chi connectivity index (χ2n) is 4.71. The number of anilines is 2. The number of nitriles is 1. The van der Waals surface area contributed by atoms with Gasteiger partial charge in [-0.3, -0.25) is 4.79 Å². The van der Waals surface area contributed by atoms with Gasteiger partial charge >= 0.3 is 0 Å². The van der Waals surface area contributed by atoms with Crippen molar-refractivity contribution in [2.24, 2.45) is 0 Å². The van der Waals surface area contributed by atoms with Crippen molar-refractivity contribution in [1.82, 2.24) is 4.90 Å². The van der Waals surface area contributed by atoms with Crippen LogP contribution in [0.1, 0.15) is 24.8 Å². The van der Waals surface area contributed by atoms with E-state index in [4.69, 9.17) is 11.0 Å². The summed E-state index contributed by atoms with van der Waals surface area (Å²) in [5.74, 6) is 0.107. The van der Waals surface area contributed by atoms with Crippen molar-refractivity contribution in [3.8, 4) is 6.07 Å². The molecule has 0 bridgehead atoms. The van der Waals surface area contributed by atoms with Gasteiger partial charge in [-0.2, -0.15) is 5.26 Å². The van der Waals surface area contributed by atoms with Crippen molar-refractivity contribution >= 4 is 17.3 Å². The van der Waals surface area contributed by atoms with E-state index < -0.39 is 0 Å². The van der Waals surface area contributed by atoms with Gasteiger partial charge in [0.15, 0.2) is 0 Å². The molecule has 1 aromatic carbocycles. The van der Waals surface area contributed by atoms with E-state index in [0.717, 1.165) is 31.6 Å². The van der Waals surface area contributed by atoms with Crippen molar-refractivity contribution in [3.63, 3.8) is 0 Å². The first-order valence-corrected chi connectivity index (χ1v) is 6.52. The number of amides is 1. The van der Waals surface area contributed by atoms with Gasteiger partial charge in [0.25, 0.3) is 0 Å². The first-order chi connectivity index (χ1) is 9.20. The Balaban J connectivity index is 1.91. The Hall–Kier alpha value is -2.22. The smallest absolute Gasteiger partial charge is 0.241 e. The van der Waals surface area contributed by atoms with Gasteiger partial charge in [-0.15, -0.1) is 0 Å². The summed E-state index contributed by atoms with van der Waals surface area (Å²) in [7, 11) is 0. The van der Waals surface area contributed by atoms with Crippen molar-refractivity contribution in [2.45, 2.75) is 19.3 Å². The topological polar surface area (TPSA) is 82.2 Å². The lowest BCUT2D eigenvalue weighted by molar-refractivity contribution is -0.130. The minimum atomic E-state index is 0.107. The van der Waals surface area contributed by atoms with Gasteiger partial charge in [-0.25, -0.2) is 0 Å². The Bertz CT molecular complexity index is 501. The minimum absolute atomic E-state index is 0.107. The van der Waals surface area contributed by atoms with Gasteiger partial charge in [-0.05, 0) is 37.5 Å². The lowest BCUT2D eigenvalue weighted by atomic mass is 10.1. The van der Waals surface area contributed by atoms with Crippen LogP contribution in [-0.4, -0.2) is 30.4 Å². The molecule has 1 aromatic rings. The van der Waals surface area contributed by atoms with Crippen LogP contribution in [-0.2, 0) is 4.79 Å². The SMILES string of the molecule is N#Cc1cc(NCC(=O)N2CCCCC2)ccc1N. The number of benzene rings is 1. The molecule has 1 amide bonds. The summed E-state index contributed by atoms with van der Waals surface area (Å²) in [6.45, 7) is 1.96. The number of nitrogen functional groups attached to an aromatic ring is 1. The number of nitrogens with one attached hydrogen (secondary N) is 1. The van der Waals surface area contributed by atoms with Crippen LogP contribution < -0.4 is 11.1 Å². The molecule has 1 saturated heterocycles. The van der Waals surface area contributed by atoms with Crippen LogP contribution in [0.4, 0.5) is 11.4 Å². The summed E-state index contributed by atoms with van der Waals surface area (Å²) < 4.78 is 0. The first kappa shape index (κ1) is 13.2. The monoisotopic (exact) mass is 258 g/mol. The highest BCUT2D eigenvalue weighted by Crippen LogP contribution is 2.17. The summed E-state index contributed by atoms with van der Waals surface area (Å²) in [6, 6.07) is 7.14. The van der Waals surface area contributed by atoms with Gasteiger partial charge in [0, 0.05) is 24.5 Å². The highest BCUT2D eigenvalue weighted by atomic mass is 16.2. The molecule has 3 N–H and O–H groups in total. The number of hydrogen-bond acceptors (Lipinski definition) is 4. The molecule has 19 heavy (non-hydrogen) atoms. The van der Waals surface area contributed by atoms with Gasteiger partial charge in [0.05, 0.1) is 12.1 Å². The van der Waals surface area contributed by atoms with Crippen LogP contribution in [0.3, 0.4) is 0 Å². The first-order valence-electron chi connectivity index (χ1n) is 6.52. The Labute approximate surface area is 113 Å². The number of hydrogen-bond donors (Lipinski definition) is 2. The Kier molecular flexibility index (Phi) is 4.24. The number of carbonyl (C=O) groups is 1. The fraction of sp³-hybridized carbons (Fsp3) is 0.429. The van der Waals surface area contributed by atoms with Crippen molar-refractivity contribution in [3.05, 3.63) is 23.8 Å². The molecule has 0 unspecified atom stereocenters. The number of nitrogens with zero attached hydrogens (tertiary/aromatic N) is 2. The molecule has 0 spiro atoms. The van der Waals surface area contributed by atoms with Gasteiger partial charge in [0.2, 0.25) is 5.91 Å². The summed E-state index contributed by atoms with van der Waals surface area (Å²) >= 11 is 0. The highest BCUT2D eigenvalue weighted by molar-refractivity contribution is 5.81. The van der Waals surface area contributed by atoms with Crippen molar-refractivity contribution in [2.75, 3.05) is 30.7 Å². The summed E-state index contributed by atoms with van der Waals surface area (Å²) in [4.78, 5) is 13.9. The van der Waals surface area contributed by atoms with E-state index in [1.54, 1.807) is 18.2 Å². The van der Waals surface area contributed by atoms with Crippen LogP contribution in [0.2, 0.25) is 0 Å². The lowest BCUT2D eigenvalue weighted by Crippen LogP contribution is -2.39. The maximum absolute atomic E-state index is 12.0. The van der Waals surface area contributed by atoms with E-state index in [0.29, 0.717) is 11.3 Å². The third-order valence-corrected chi connectivity index (χ3v) is 3.33. The molecule has 5 nitrogen and oxygen atoms in total. The molecule has 0 radical (unpaired) electrons. The molecule has 1 aliphatic rings. The largest absolute Gasteiger partial charge is 0.398 e. The zero-order valence-corrected chi connectivity index (χ0v) is 10.9. The average Bonchev–Trinajstić information content (AvgIpc) is 2.47. The number of rotatable bonds is 3. The normalized spacial score (nSPS) is 14.8. The second kappa shape index (κ2) is 6.10. The number of piperidine rings is 1. The van der Waals surface area contributed by atoms with E-state index in [2.05, 4.69) is 5.32 Å². The third-order valence-electron chi connectivity index (χ3n) is 3.33. The molecule has 1 aliphatic heterocycles. The maximum atomic E-state index is 12.0. The van der Waals surface area contributed by atoms with E-state index in [1.165, 1.54) is 6.42 Å². The van der Waals surface area contributed by atoms with Crippen molar-refractivity contribution < 1.29 is 4.79 Å². The average molecular weight is 258 g/mol. The predicted molar refractivity (Wildman–Crippen MR) is 74.5 cm³/mol. The zero-order valence-electron chi connectivity index (χ0n) is 10.9. The van der Waals surface area contributed by atoms with Crippen molar-refractivity contribution in [1.29, 1.82) is 5.26 Å². The van der Waals surface area contributed by atoms with E-state index in [1.807, 2.05) is 11.0 Å². The Morgan fingerprint density at radius 1 is 1.37 bits per heavy atom. The van der Waals surface area contributed by atoms with Gasteiger partial charge in [0.1, 0.15) is 6.07 Å². The molecule has 1 fully saturated rings. The number of likely N-dealkylation sites (tertiary alicyclic amines) is 1. The van der Waals surface area contributed by atoms with Crippen LogP contribution in [0.5, 0.6) is 0 Å². The summed E-state index contributed by atoms with van der Waals surface area (Å²) in [5, 5.41) is 11.9. The predicted octanol–water partition coefficient (Wildman–Crippen LogP) is 1.56. The molecular formula is C14H18N4O. The van der Waals surface area contributed by atoms with Crippen LogP contribution in [0.15, 0.2) is 18.2 Å². The zero-order chi connectivity index (χ0) is 13.7. The fourth-order valence-corrected chi connectivity index (χ4v) is 2.20. The Morgan fingerprint density at radius 2 is 2.11 bits per heavy atom. The quantitative estimate of drug-likeness (QED) is 0.806. The molecule has 1 heterocycles. The standard InChI is InChI=1S/C14H18N4O/c15-9-11-8-12(4-5-13(11)16)17-10-14(19)18-6-2-1-3-7-18/h4-5,8,17H,1-3,6-7,10,16H2. The molecule has 100 valence electrons. The fourth-order valence-electron chi connectivity index (χ4n) is 2.20. The molecule has 0 aromatic heterocycles. The number of nitrogens with two attached hydrogens (primary N) is 1. The van der Waals surface area contributed by atoms with Gasteiger partial charge < -0.3 is 16.0 Å². The highest BCUT2D eigenvalue weighted by Gasteiger charge is 2.15. The van der Waals surface area contributed by atoms with Gasteiger partial charge in [-0.1, -0.05) is 0 Å². The molecule has 2 rings (SSSR count). The molecule has 5 heteroatoms. The summed E-state index contributed by atoms with van der Waals surface area (Å²) in [6.07, 6.45) is 3.39. The Morgan fingerprint density at radius 3 is 2.79 bits per heavy atom. The minimum Gasteiger partial charge on any atom is -0.398 e. The molecule has 0 aliphatic carbocycles. The van der Waals surface area contributed by atoms with Crippen LogP contribution in [0, 0.1) is 11.3 Å². The second-order valence-corrected chi connectivity index (χ2v) is 4.71. The van der Waals surface area contributed by atoms with E-state index >= 15 is 0 Å². The molecular weight excluding hydrogens is 240 g/mol. The van der Waals surface area contributed by atoms with E-state index in [-0.39, 0.29) is 12.5 Å². The summed E-state index contributed by atoms with van der Waals surface area (Å²) in [5.41, 5.74) is 7.27. The maximum Gasteiger partial charge on any atom is 0.241 e. The number of carbonyl (C=O) groups excluding carboxylic acids is 1.